The van der Waals surface area contributed by atoms with Crippen molar-refractivity contribution in [3.05, 3.63) is 34.3 Å². The second-order valence-electron chi connectivity index (χ2n) is 5.22. The Bertz CT molecular complexity index is 607. The van der Waals surface area contributed by atoms with Gasteiger partial charge in [-0.2, -0.15) is 5.10 Å². The lowest BCUT2D eigenvalue weighted by Gasteiger charge is -2.26. The molecule has 112 valence electrons. The average molecular weight is 351 g/mol. The van der Waals surface area contributed by atoms with Crippen molar-refractivity contribution >= 4 is 21.7 Å². The zero-order chi connectivity index (χ0) is 14.7. The maximum Gasteiger partial charge on any atom is 0.145 e. The third-order valence-electron chi connectivity index (χ3n) is 3.76. The Labute approximate surface area is 132 Å². The predicted molar refractivity (Wildman–Crippen MR) is 87.1 cm³/mol. The molecule has 1 aromatic heterocycles. The van der Waals surface area contributed by atoms with Crippen LogP contribution in [0.15, 0.2) is 28.7 Å². The maximum absolute atomic E-state index is 5.64. The molecule has 1 aromatic carbocycles. The number of nitrogens with one attached hydrogen (secondary N) is 1. The zero-order valence-corrected chi connectivity index (χ0v) is 13.4. The van der Waals surface area contributed by atoms with Gasteiger partial charge in [-0.05, 0) is 18.1 Å². The minimum atomic E-state index is 0.512. The average Bonchev–Trinajstić information content (AvgIpc) is 2.93. The van der Waals surface area contributed by atoms with E-state index in [1.165, 1.54) is 5.56 Å². The van der Waals surface area contributed by atoms with Gasteiger partial charge in [-0.3, -0.25) is 10.00 Å². The molecule has 0 bridgehead atoms. The number of nitrogens with two attached hydrogens (primary N) is 1. The summed E-state index contributed by atoms with van der Waals surface area (Å²) in [4.78, 5) is 2.44. The summed E-state index contributed by atoms with van der Waals surface area (Å²) in [5.41, 5.74) is 8.98. The van der Waals surface area contributed by atoms with E-state index in [2.05, 4.69) is 49.2 Å². The van der Waals surface area contributed by atoms with Crippen molar-refractivity contribution in [2.24, 2.45) is 0 Å². The summed E-state index contributed by atoms with van der Waals surface area (Å²) in [5.74, 6) is 0.512. The molecule has 1 aliphatic heterocycles. The molecule has 0 radical (unpaired) electrons. The van der Waals surface area contributed by atoms with Gasteiger partial charge in [0, 0.05) is 35.7 Å². The first-order valence-corrected chi connectivity index (χ1v) is 7.91. The largest absolute Gasteiger partial charge is 0.382 e. The van der Waals surface area contributed by atoms with E-state index < -0.39 is 0 Å². The number of hydrogen-bond donors (Lipinski definition) is 2. The summed E-state index contributed by atoms with van der Waals surface area (Å²) in [6.07, 6.45) is 1.03. The standard InChI is InChI=1S/C15H19BrN4O/c16-13-9-12(14-10-15(17)19-18-14)2-1-11(13)3-4-20-5-7-21-8-6-20/h1-2,9-10H,3-8H2,(H3,17,18,19). The molecule has 0 aliphatic carbocycles. The van der Waals surface area contributed by atoms with Crippen LogP contribution in [0, 0.1) is 0 Å². The molecule has 0 atom stereocenters. The van der Waals surface area contributed by atoms with Crippen molar-refractivity contribution < 1.29 is 4.74 Å². The Balaban J connectivity index is 1.66. The van der Waals surface area contributed by atoms with Crippen molar-refractivity contribution in [1.82, 2.24) is 15.1 Å². The van der Waals surface area contributed by atoms with Gasteiger partial charge in [0.2, 0.25) is 0 Å². The highest BCUT2D eigenvalue weighted by atomic mass is 79.9. The van der Waals surface area contributed by atoms with Crippen molar-refractivity contribution in [3.63, 3.8) is 0 Å². The molecule has 1 aliphatic rings. The summed E-state index contributed by atoms with van der Waals surface area (Å²) in [7, 11) is 0. The van der Waals surface area contributed by atoms with Gasteiger partial charge in [0.05, 0.1) is 18.9 Å². The van der Waals surface area contributed by atoms with E-state index in [0.29, 0.717) is 5.82 Å². The quantitative estimate of drug-likeness (QED) is 0.887. The number of H-pyrrole nitrogens is 1. The Morgan fingerprint density at radius 1 is 1.29 bits per heavy atom. The molecule has 5 nitrogen and oxygen atoms in total. The first-order chi connectivity index (χ1) is 10.2. The van der Waals surface area contributed by atoms with Crippen LogP contribution in [-0.4, -0.2) is 47.9 Å². The van der Waals surface area contributed by atoms with Crippen LogP contribution in [0.25, 0.3) is 11.3 Å². The monoisotopic (exact) mass is 350 g/mol. The van der Waals surface area contributed by atoms with E-state index in [1.54, 1.807) is 0 Å². The summed E-state index contributed by atoms with van der Waals surface area (Å²) < 4.78 is 6.50. The fourth-order valence-corrected chi connectivity index (χ4v) is 3.08. The second-order valence-corrected chi connectivity index (χ2v) is 6.07. The van der Waals surface area contributed by atoms with E-state index in [0.717, 1.165) is 55.0 Å². The number of nitrogen functional groups attached to an aromatic ring is 1. The highest BCUT2D eigenvalue weighted by Crippen LogP contribution is 2.26. The van der Waals surface area contributed by atoms with Crippen molar-refractivity contribution in [3.8, 4) is 11.3 Å². The molecule has 2 aromatic rings. The molecule has 2 heterocycles. The number of aromatic nitrogens is 2. The van der Waals surface area contributed by atoms with Gasteiger partial charge in [-0.25, -0.2) is 0 Å². The van der Waals surface area contributed by atoms with E-state index in [1.807, 2.05) is 6.07 Å². The summed E-state index contributed by atoms with van der Waals surface area (Å²) in [5, 5.41) is 6.90. The van der Waals surface area contributed by atoms with E-state index in [-0.39, 0.29) is 0 Å². The fraction of sp³-hybridized carbons (Fsp3) is 0.400. The number of halogens is 1. The number of aromatic amines is 1. The van der Waals surface area contributed by atoms with Crippen LogP contribution in [0.4, 0.5) is 5.82 Å². The fourth-order valence-electron chi connectivity index (χ4n) is 2.51. The summed E-state index contributed by atoms with van der Waals surface area (Å²) in [6, 6.07) is 8.22. The molecule has 3 N–H and O–H groups in total. The molecule has 1 fully saturated rings. The summed E-state index contributed by atoms with van der Waals surface area (Å²) >= 11 is 3.67. The van der Waals surface area contributed by atoms with Crippen molar-refractivity contribution in [1.29, 1.82) is 0 Å². The third kappa shape index (κ3) is 3.64. The number of morpholine rings is 1. The summed E-state index contributed by atoms with van der Waals surface area (Å²) in [6.45, 7) is 4.83. The van der Waals surface area contributed by atoms with Gasteiger partial charge in [0.25, 0.3) is 0 Å². The smallest absolute Gasteiger partial charge is 0.145 e. The molecule has 3 rings (SSSR count). The van der Waals surface area contributed by atoms with Crippen LogP contribution < -0.4 is 5.73 Å². The number of benzene rings is 1. The maximum atomic E-state index is 5.64. The highest BCUT2D eigenvalue weighted by Gasteiger charge is 2.11. The van der Waals surface area contributed by atoms with Gasteiger partial charge in [-0.1, -0.05) is 28.1 Å². The lowest BCUT2D eigenvalue weighted by Crippen LogP contribution is -2.37. The Morgan fingerprint density at radius 2 is 2.10 bits per heavy atom. The van der Waals surface area contributed by atoms with Crippen LogP contribution in [0.3, 0.4) is 0 Å². The molecule has 0 saturated carbocycles. The van der Waals surface area contributed by atoms with Crippen molar-refractivity contribution in [2.45, 2.75) is 6.42 Å². The molecule has 6 heteroatoms. The van der Waals surface area contributed by atoms with E-state index in [4.69, 9.17) is 10.5 Å². The third-order valence-corrected chi connectivity index (χ3v) is 4.50. The highest BCUT2D eigenvalue weighted by molar-refractivity contribution is 9.10. The normalized spacial score (nSPS) is 16.2. The minimum absolute atomic E-state index is 0.512. The van der Waals surface area contributed by atoms with E-state index in [9.17, 15) is 0 Å². The van der Waals surface area contributed by atoms with Gasteiger partial charge in [0.15, 0.2) is 0 Å². The van der Waals surface area contributed by atoms with Gasteiger partial charge < -0.3 is 10.5 Å². The number of ether oxygens (including phenoxy) is 1. The lowest BCUT2D eigenvalue weighted by molar-refractivity contribution is 0.0384. The first kappa shape index (κ1) is 14.6. The Morgan fingerprint density at radius 3 is 2.76 bits per heavy atom. The number of rotatable bonds is 4. The lowest BCUT2D eigenvalue weighted by atomic mass is 10.1. The van der Waals surface area contributed by atoms with Crippen molar-refractivity contribution in [2.75, 3.05) is 38.6 Å². The van der Waals surface area contributed by atoms with Gasteiger partial charge >= 0.3 is 0 Å². The number of nitrogens with zero attached hydrogens (tertiary/aromatic N) is 2. The Hall–Kier alpha value is -1.37. The van der Waals surface area contributed by atoms with Crippen LogP contribution in [0.2, 0.25) is 0 Å². The van der Waals surface area contributed by atoms with Gasteiger partial charge in [-0.15, -0.1) is 0 Å². The molecule has 0 unspecified atom stereocenters. The van der Waals surface area contributed by atoms with Crippen LogP contribution in [-0.2, 0) is 11.2 Å². The van der Waals surface area contributed by atoms with Gasteiger partial charge in [0.1, 0.15) is 5.82 Å². The van der Waals surface area contributed by atoms with E-state index >= 15 is 0 Å². The topological polar surface area (TPSA) is 67.2 Å². The molecule has 0 spiro atoms. The van der Waals surface area contributed by atoms with Crippen LogP contribution >= 0.6 is 15.9 Å². The SMILES string of the molecule is Nc1cc(-c2ccc(CCN3CCOCC3)c(Br)c2)[nH]n1. The molecular formula is C15H19BrN4O. The number of hydrogen-bond acceptors (Lipinski definition) is 4. The minimum Gasteiger partial charge on any atom is -0.382 e. The van der Waals surface area contributed by atoms with Crippen LogP contribution in [0.5, 0.6) is 0 Å². The molecule has 0 amide bonds. The molecule has 21 heavy (non-hydrogen) atoms. The van der Waals surface area contributed by atoms with Crippen LogP contribution in [0.1, 0.15) is 5.56 Å². The zero-order valence-electron chi connectivity index (χ0n) is 11.8. The number of anilines is 1. The predicted octanol–water partition coefficient (Wildman–Crippen LogP) is 2.30. The first-order valence-electron chi connectivity index (χ1n) is 7.12. The Kier molecular flexibility index (Phi) is 4.57. The molecular weight excluding hydrogens is 332 g/mol. The molecule has 1 saturated heterocycles. The second kappa shape index (κ2) is 6.60.